The van der Waals surface area contributed by atoms with Crippen molar-refractivity contribution in [3.05, 3.63) is 35.4 Å². The molecule has 2 heteroatoms. The summed E-state index contributed by atoms with van der Waals surface area (Å²) in [6.07, 6.45) is 1.07. The molecular formula is C13H21NO. The van der Waals surface area contributed by atoms with E-state index in [1.165, 1.54) is 5.56 Å². The van der Waals surface area contributed by atoms with E-state index in [9.17, 15) is 5.11 Å². The van der Waals surface area contributed by atoms with Crippen LogP contribution >= 0.6 is 0 Å². The maximum Gasteiger partial charge on any atom is 0.0626 e. The number of hydrogen-bond donors (Lipinski definition) is 2. The summed E-state index contributed by atoms with van der Waals surface area (Å²) in [5.74, 6) is 0. The Morgan fingerprint density at radius 1 is 1.40 bits per heavy atom. The number of benzene rings is 1. The third-order valence-corrected chi connectivity index (χ3v) is 2.73. The van der Waals surface area contributed by atoms with Gasteiger partial charge in [-0.3, -0.25) is 0 Å². The molecule has 1 rings (SSSR count). The molecule has 0 heterocycles. The Balaban J connectivity index is 2.73. The molecule has 0 fully saturated rings. The minimum absolute atomic E-state index is 0.0554. The van der Waals surface area contributed by atoms with Crippen LogP contribution in [-0.4, -0.2) is 17.8 Å². The normalized spacial score (nSPS) is 14.9. The molecule has 2 nitrogen and oxygen atoms in total. The minimum atomic E-state index is 0.0554. The van der Waals surface area contributed by atoms with Gasteiger partial charge in [-0.15, -0.1) is 0 Å². The van der Waals surface area contributed by atoms with Crippen molar-refractivity contribution in [3.63, 3.8) is 0 Å². The highest BCUT2D eigenvalue weighted by molar-refractivity contribution is 5.25. The summed E-state index contributed by atoms with van der Waals surface area (Å²) in [6.45, 7) is 6.50. The summed E-state index contributed by atoms with van der Waals surface area (Å²) < 4.78 is 0. The molecule has 2 atom stereocenters. The Morgan fingerprint density at radius 2 is 2.13 bits per heavy atom. The average Bonchev–Trinajstić information content (AvgIpc) is 2.25. The first-order valence-corrected chi connectivity index (χ1v) is 5.60. The van der Waals surface area contributed by atoms with Crippen LogP contribution in [0.3, 0.4) is 0 Å². The third kappa shape index (κ3) is 3.65. The zero-order valence-corrected chi connectivity index (χ0v) is 9.83. The molecule has 0 amide bonds. The average molecular weight is 207 g/mol. The molecule has 0 saturated heterocycles. The summed E-state index contributed by atoms with van der Waals surface area (Å²) in [4.78, 5) is 0. The van der Waals surface area contributed by atoms with Crippen LogP contribution in [0.5, 0.6) is 0 Å². The standard InChI is InChI=1S/C13H21NO/c1-4-11(3)14-13(9-15)12-7-5-6-10(2)8-12/h5-8,11,13-15H,4,9H2,1-3H3. The van der Waals surface area contributed by atoms with Crippen molar-refractivity contribution in [2.24, 2.45) is 0 Å². The molecule has 0 saturated carbocycles. The molecule has 1 aromatic carbocycles. The van der Waals surface area contributed by atoms with Gasteiger partial charge in [0.05, 0.1) is 12.6 Å². The molecule has 0 radical (unpaired) electrons. The van der Waals surface area contributed by atoms with Crippen molar-refractivity contribution in [1.29, 1.82) is 0 Å². The lowest BCUT2D eigenvalue weighted by atomic mass is 10.0. The molecule has 0 aliphatic carbocycles. The smallest absolute Gasteiger partial charge is 0.0626 e. The maximum atomic E-state index is 9.35. The van der Waals surface area contributed by atoms with Crippen molar-refractivity contribution < 1.29 is 5.11 Å². The van der Waals surface area contributed by atoms with Gasteiger partial charge >= 0.3 is 0 Å². The van der Waals surface area contributed by atoms with Gasteiger partial charge in [0.15, 0.2) is 0 Å². The van der Waals surface area contributed by atoms with Crippen LogP contribution in [0.1, 0.15) is 37.4 Å². The summed E-state index contributed by atoms with van der Waals surface area (Å²) in [7, 11) is 0. The quantitative estimate of drug-likeness (QED) is 0.777. The van der Waals surface area contributed by atoms with Gasteiger partial charge in [0.2, 0.25) is 0 Å². The lowest BCUT2D eigenvalue weighted by molar-refractivity contribution is 0.234. The van der Waals surface area contributed by atoms with Gasteiger partial charge in [-0.1, -0.05) is 36.8 Å². The fourth-order valence-electron chi connectivity index (χ4n) is 1.60. The van der Waals surface area contributed by atoms with Crippen molar-refractivity contribution in [2.45, 2.75) is 39.3 Å². The molecule has 2 N–H and O–H groups in total. The first kappa shape index (κ1) is 12.2. The molecule has 1 aromatic rings. The first-order chi connectivity index (χ1) is 7.17. The number of aliphatic hydroxyl groups excluding tert-OH is 1. The number of aliphatic hydroxyl groups is 1. The van der Waals surface area contributed by atoms with Crippen LogP contribution in [0, 0.1) is 6.92 Å². The molecule has 0 spiro atoms. The highest BCUT2D eigenvalue weighted by Gasteiger charge is 2.11. The van der Waals surface area contributed by atoms with Gasteiger partial charge in [-0.25, -0.2) is 0 Å². The zero-order chi connectivity index (χ0) is 11.3. The predicted octanol–water partition coefficient (Wildman–Crippen LogP) is 2.42. The number of hydrogen-bond acceptors (Lipinski definition) is 2. The van der Waals surface area contributed by atoms with Gasteiger partial charge < -0.3 is 10.4 Å². The fourth-order valence-corrected chi connectivity index (χ4v) is 1.60. The largest absolute Gasteiger partial charge is 0.394 e. The van der Waals surface area contributed by atoms with Crippen LogP contribution in [0.4, 0.5) is 0 Å². The number of aryl methyl sites for hydroxylation is 1. The summed E-state index contributed by atoms with van der Waals surface area (Å²) >= 11 is 0. The van der Waals surface area contributed by atoms with Gasteiger partial charge in [-0.05, 0) is 25.8 Å². The Labute approximate surface area is 92.3 Å². The van der Waals surface area contributed by atoms with Gasteiger partial charge in [-0.2, -0.15) is 0 Å². The predicted molar refractivity (Wildman–Crippen MR) is 63.9 cm³/mol. The minimum Gasteiger partial charge on any atom is -0.394 e. The van der Waals surface area contributed by atoms with E-state index in [1.54, 1.807) is 0 Å². The molecular weight excluding hydrogens is 186 g/mol. The molecule has 0 aliphatic rings. The zero-order valence-electron chi connectivity index (χ0n) is 9.83. The van der Waals surface area contributed by atoms with E-state index in [-0.39, 0.29) is 12.6 Å². The SMILES string of the molecule is CCC(C)NC(CO)c1cccc(C)c1. The Morgan fingerprint density at radius 3 is 2.67 bits per heavy atom. The van der Waals surface area contributed by atoms with Gasteiger partial charge in [0, 0.05) is 6.04 Å². The van der Waals surface area contributed by atoms with E-state index in [0.29, 0.717) is 6.04 Å². The summed E-state index contributed by atoms with van der Waals surface area (Å²) in [6, 6.07) is 8.77. The third-order valence-electron chi connectivity index (χ3n) is 2.73. The molecule has 84 valence electrons. The summed E-state index contributed by atoms with van der Waals surface area (Å²) in [5, 5.41) is 12.8. The summed E-state index contributed by atoms with van der Waals surface area (Å²) in [5.41, 5.74) is 2.40. The van der Waals surface area contributed by atoms with Crippen molar-refractivity contribution >= 4 is 0 Å². The number of rotatable bonds is 5. The number of nitrogens with one attached hydrogen (secondary N) is 1. The van der Waals surface area contributed by atoms with Crippen LogP contribution < -0.4 is 5.32 Å². The van der Waals surface area contributed by atoms with E-state index in [1.807, 2.05) is 6.07 Å². The second-order valence-electron chi connectivity index (χ2n) is 4.13. The van der Waals surface area contributed by atoms with E-state index < -0.39 is 0 Å². The second-order valence-corrected chi connectivity index (χ2v) is 4.13. The van der Waals surface area contributed by atoms with E-state index in [2.05, 4.69) is 44.3 Å². The lowest BCUT2D eigenvalue weighted by Crippen LogP contribution is -2.32. The van der Waals surface area contributed by atoms with Crippen LogP contribution in [-0.2, 0) is 0 Å². The van der Waals surface area contributed by atoms with E-state index >= 15 is 0 Å². The van der Waals surface area contributed by atoms with Crippen molar-refractivity contribution in [3.8, 4) is 0 Å². The second kappa shape index (κ2) is 5.89. The monoisotopic (exact) mass is 207 g/mol. The van der Waals surface area contributed by atoms with Gasteiger partial charge in [0.25, 0.3) is 0 Å². The maximum absolute atomic E-state index is 9.35. The first-order valence-electron chi connectivity index (χ1n) is 5.60. The fraction of sp³-hybridized carbons (Fsp3) is 0.538. The molecule has 0 bridgehead atoms. The Kier molecular flexibility index (Phi) is 4.79. The van der Waals surface area contributed by atoms with Crippen LogP contribution in [0.25, 0.3) is 0 Å². The Hall–Kier alpha value is -0.860. The van der Waals surface area contributed by atoms with Crippen molar-refractivity contribution in [1.82, 2.24) is 5.32 Å². The molecule has 15 heavy (non-hydrogen) atoms. The van der Waals surface area contributed by atoms with E-state index in [4.69, 9.17) is 0 Å². The topological polar surface area (TPSA) is 32.3 Å². The van der Waals surface area contributed by atoms with Crippen molar-refractivity contribution in [2.75, 3.05) is 6.61 Å². The van der Waals surface area contributed by atoms with Crippen LogP contribution in [0.2, 0.25) is 0 Å². The van der Waals surface area contributed by atoms with Gasteiger partial charge in [0.1, 0.15) is 0 Å². The van der Waals surface area contributed by atoms with E-state index in [0.717, 1.165) is 12.0 Å². The molecule has 2 unspecified atom stereocenters. The lowest BCUT2D eigenvalue weighted by Gasteiger charge is -2.21. The van der Waals surface area contributed by atoms with Crippen LogP contribution in [0.15, 0.2) is 24.3 Å². The Bertz CT molecular complexity index is 298. The molecule has 0 aliphatic heterocycles. The highest BCUT2D eigenvalue weighted by atomic mass is 16.3. The highest BCUT2D eigenvalue weighted by Crippen LogP contribution is 2.15. The molecule has 0 aromatic heterocycles.